The Morgan fingerprint density at radius 1 is 1.15 bits per heavy atom. The second-order valence-electron chi connectivity index (χ2n) is 8.98. The maximum atomic E-state index is 13.6. The van der Waals surface area contributed by atoms with Crippen molar-refractivity contribution in [2.45, 2.75) is 12.8 Å². The van der Waals surface area contributed by atoms with Crippen molar-refractivity contribution in [1.29, 1.82) is 0 Å². The molecule has 2 amide bonds. The maximum absolute atomic E-state index is 13.6. The van der Waals surface area contributed by atoms with Gasteiger partial charge in [-0.25, -0.2) is 4.39 Å². The van der Waals surface area contributed by atoms with E-state index in [2.05, 4.69) is 9.88 Å². The molecule has 0 spiro atoms. The third-order valence-corrected chi connectivity index (χ3v) is 6.96. The van der Waals surface area contributed by atoms with Crippen molar-refractivity contribution in [1.82, 2.24) is 14.8 Å². The number of piperazine rings is 1. The first-order valence-corrected chi connectivity index (χ1v) is 11.7. The highest BCUT2D eigenvalue weighted by atomic mass is 19.1. The quantitative estimate of drug-likeness (QED) is 0.609. The summed E-state index contributed by atoms with van der Waals surface area (Å²) in [4.78, 5) is 34.8. The van der Waals surface area contributed by atoms with Crippen LogP contribution in [0.4, 0.5) is 10.1 Å². The predicted molar refractivity (Wildman–Crippen MR) is 128 cm³/mol. The van der Waals surface area contributed by atoms with Crippen LogP contribution in [0.1, 0.15) is 12.0 Å². The molecule has 2 fully saturated rings. The zero-order valence-corrected chi connectivity index (χ0v) is 19.3. The zero-order chi connectivity index (χ0) is 23.7. The number of carbonyl (C=O) groups is 2. The van der Waals surface area contributed by atoms with Crippen LogP contribution in [0, 0.1) is 11.7 Å². The second-order valence-corrected chi connectivity index (χ2v) is 8.98. The van der Waals surface area contributed by atoms with E-state index in [1.165, 1.54) is 12.1 Å². The van der Waals surface area contributed by atoms with Crippen LogP contribution in [0.2, 0.25) is 0 Å². The van der Waals surface area contributed by atoms with Crippen molar-refractivity contribution < 1.29 is 18.7 Å². The SMILES string of the molecule is COc1ccccc1N1CCN(C(=O)C2CC(=O)N(CCc3c[nH]c4ccc(F)cc34)C2)CC1. The first-order valence-electron chi connectivity index (χ1n) is 11.7. The monoisotopic (exact) mass is 464 g/mol. The van der Waals surface area contributed by atoms with Gasteiger partial charge in [-0.1, -0.05) is 12.1 Å². The van der Waals surface area contributed by atoms with Gasteiger partial charge in [-0.2, -0.15) is 0 Å². The van der Waals surface area contributed by atoms with Gasteiger partial charge >= 0.3 is 0 Å². The maximum Gasteiger partial charge on any atom is 0.228 e. The molecular weight excluding hydrogens is 435 g/mol. The number of rotatable bonds is 6. The van der Waals surface area contributed by atoms with E-state index in [1.807, 2.05) is 35.4 Å². The topological polar surface area (TPSA) is 68.9 Å². The van der Waals surface area contributed by atoms with Crippen LogP contribution in [0.5, 0.6) is 5.75 Å². The Balaban J connectivity index is 1.16. The van der Waals surface area contributed by atoms with E-state index in [1.54, 1.807) is 18.1 Å². The number of halogens is 1. The van der Waals surface area contributed by atoms with Crippen LogP contribution in [-0.2, 0) is 16.0 Å². The molecule has 7 nitrogen and oxygen atoms in total. The molecule has 1 atom stereocenters. The average molecular weight is 465 g/mol. The summed E-state index contributed by atoms with van der Waals surface area (Å²) < 4.78 is 19.1. The molecule has 178 valence electrons. The summed E-state index contributed by atoms with van der Waals surface area (Å²) >= 11 is 0. The highest BCUT2D eigenvalue weighted by Crippen LogP contribution is 2.29. The molecule has 1 aromatic heterocycles. The van der Waals surface area contributed by atoms with E-state index in [4.69, 9.17) is 4.74 Å². The van der Waals surface area contributed by atoms with Crippen molar-refractivity contribution >= 4 is 28.4 Å². The zero-order valence-electron chi connectivity index (χ0n) is 19.3. The molecule has 0 saturated carbocycles. The number of fused-ring (bicyclic) bond motifs is 1. The standard InChI is InChI=1S/C26H29FN4O3/c1-34-24-5-3-2-4-23(24)29-10-12-30(13-11-29)26(33)19-14-25(32)31(17-19)9-8-18-16-28-22-7-6-20(27)15-21(18)22/h2-7,15-16,19,28H,8-14,17H2,1H3. The van der Waals surface area contributed by atoms with Crippen molar-refractivity contribution in [3.63, 3.8) is 0 Å². The number of nitrogens with one attached hydrogen (secondary N) is 1. The van der Waals surface area contributed by atoms with E-state index in [9.17, 15) is 14.0 Å². The van der Waals surface area contributed by atoms with Crippen LogP contribution in [-0.4, -0.2) is 73.0 Å². The molecule has 0 bridgehead atoms. The number of methoxy groups -OCH3 is 1. The lowest BCUT2D eigenvalue weighted by atomic mass is 10.1. The van der Waals surface area contributed by atoms with Crippen LogP contribution in [0.3, 0.4) is 0 Å². The Labute approximate surface area is 198 Å². The molecule has 8 heteroatoms. The summed E-state index contributed by atoms with van der Waals surface area (Å²) in [5.74, 6) is 0.326. The molecule has 2 aliphatic rings. The minimum Gasteiger partial charge on any atom is -0.495 e. The third-order valence-electron chi connectivity index (χ3n) is 6.96. The first kappa shape index (κ1) is 22.3. The number of benzene rings is 2. The van der Waals surface area contributed by atoms with Crippen LogP contribution in [0.25, 0.3) is 10.9 Å². The van der Waals surface area contributed by atoms with E-state index >= 15 is 0 Å². The van der Waals surface area contributed by atoms with Gasteiger partial charge in [0.2, 0.25) is 11.8 Å². The molecule has 1 unspecified atom stereocenters. The number of para-hydroxylation sites is 2. The van der Waals surface area contributed by atoms with Crippen molar-refractivity contribution in [2.24, 2.45) is 5.92 Å². The van der Waals surface area contributed by atoms with Gasteiger partial charge in [-0.05, 0) is 42.3 Å². The smallest absolute Gasteiger partial charge is 0.228 e. The number of hydrogen-bond donors (Lipinski definition) is 1. The van der Waals surface area contributed by atoms with Crippen molar-refractivity contribution in [2.75, 3.05) is 51.3 Å². The van der Waals surface area contributed by atoms with Gasteiger partial charge < -0.3 is 24.4 Å². The number of ether oxygens (including phenoxy) is 1. The van der Waals surface area contributed by atoms with Crippen LogP contribution >= 0.6 is 0 Å². The van der Waals surface area contributed by atoms with Crippen molar-refractivity contribution in [3.05, 3.63) is 60.0 Å². The number of carbonyl (C=O) groups excluding carboxylic acids is 2. The van der Waals surface area contributed by atoms with Gasteiger partial charge in [0.1, 0.15) is 11.6 Å². The second kappa shape index (κ2) is 9.37. The van der Waals surface area contributed by atoms with E-state index in [-0.39, 0.29) is 30.0 Å². The average Bonchev–Trinajstić information content (AvgIpc) is 3.44. The van der Waals surface area contributed by atoms with Gasteiger partial charge in [0, 0.05) is 62.8 Å². The molecule has 3 heterocycles. The number of aromatic nitrogens is 1. The minimum atomic E-state index is -0.300. The number of anilines is 1. The fourth-order valence-corrected chi connectivity index (χ4v) is 5.08. The molecule has 2 aliphatic heterocycles. The molecule has 34 heavy (non-hydrogen) atoms. The van der Waals surface area contributed by atoms with E-state index in [0.29, 0.717) is 32.6 Å². The van der Waals surface area contributed by atoms with Gasteiger partial charge in [0.15, 0.2) is 0 Å². The summed E-state index contributed by atoms with van der Waals surface area (Å²) in [5, 5.41) is 0.840. The molecule has 0 radical (unpaired) electrons. The Kier molecular flexibility index (Phi) is 6.13. The lowest BCUT2D eigenvalue weighted by Gasteiger charge is -2.37. The van der Waals surface area contributed by atoms with Gasteiger partial charge in [0.25, 0.3) is 0 Å². The number of aromatic amines is 1. The van der Waals surface area contributed by atoms with Gasteiger partial charge in [0.05, 0.1) is 18.7 Å². The highest BCUT2D eigenvalue weighted by molar-refractivity contribution is 5.89. The number of amides is 2. The molecule has 2 saturated heterocycles. The van der Waals surface area contributed by atoms with Gasteiger partial charge in [-0.3, -0.25) is 9.59 Å². The summed E-state index contributed by atoms with van der Waals surface area (Å²) in [6, 6.07) is 12.6. The largest absolute Gasteiger partial charge is 0.495 e. The number of H-pyrrole nitrogens is 1. The number of nitrogens with zero attached hydrogens (tertiary/aromatic N) is 3. The fourth-order valence-electron chi connectivity index (χ4n) is 5.08. The Hall–Kier alpha value is -3.55. The normalized spacial score (nSPS) is 18.7. The Bertz CT molecular complexity index is 1200. The molecule has 5 rings (SSSR count). The third kappa shape index (κ3) is 4.32. The molecular formula is C26H29FN4O3. The summed E-state index contributed by atoms with van der Waals surface area (Å²) in [7, 11) is 1.66. The lowest BCUT2D eigenvalue weighted by Crippen LogP contribution is -2.50. The van der Waals surface area contributed by atoms with Crippen molar-refractivity contribution in [3.8, 4) is 5.75 Å². The minimum absolute atomic E-state index is 0.0111. The first-order chi connectivity index (χ1) is 16.5. The predicted octanol–water partition coefficient (Wildman–Crippen LogP) is 3.06. The summed E-state index contributed by atoms with van der Waals surface area (Å²) in [6.45, 7) is 3.68. The molecule has 2 aromatic carbocycles. The molecule has 3 aromatic rings. The molecule has 1 N–H and O–H groups in total. The number of likely N-dealkylation sites (tertiary alicyclic amines) is 1. The van der Waals surface area contributed by atoms with Crippen LogP contribution in [0.15, 0.2) is 48.7 Å². The van der Waals surface area contributed by atoms with Crippen LogP contribution < -0.4 is 9.64 Å². The van der Waals surface area contributed by atoms with E-state index < -0.39 is 0 Å². The Morgan fingerprint density at radius 2 is 1.94 bits per heavy atom. The summed E-state index contributed by atoms with van der Waals surface area (Å²) in [6.07, 6.45) is 2.75. The Morgan fingerprint density at radius 3 is 2.74 bits per heavy atom. The highest BCUT2D eigenvalue weighted by Gasteiger charge is 2.37. The molecule has 0 aliphatic carbocycles. The summed E-state index contributed by atoms with van der Waals surface area (Å²) in [5.41, 5.74) is 2.89. The number of hydrogen-bond acceptors (Lipinski definition) is 4. The fraction of sp³-hybridized carbons (Fsp3) is 0.385. The van der Waals surface area contributed by atoms with Gasteiger partial charge in [-0.15, -0.1) is 0 Å². The lowest BCUT2D eigenvalue weighted by molar-refractivity contribution is -0.136. The van der Waals surface area contributed by atoms with E-state index in [0.717, 1.165) is 41.0 Å².